The third kappa shape index (κ3) is 1.12. The van der Waals surface area contributed by atoms with Gasteiger partial charge in [0.05, 0.1) is 0 Å². The van der Waals surface area contributed by atoms with Crippen LogP contribution in [0.2, 0.25) is 0 Å². The van der Waals surface area contributed by atoms with Crippen molar-refractivity contribution in [1.82, 2.24) is 10.2 Å². The quantitative estimate of drug-likeness (QED) is 0.633. The second-order valence-corrected chi connectivity index (χ2v) is 3.54. The number of rotatable bonds is 1. The van der Waals surface area contributed by atoms with Crippen molar-refractivity contribution in [3.8, 4) is 0 Å². The lowest BCUT2D eigenvalue weighted by Gasteiger charge is -2.10. The second kappa shape index (κ2) is 2.86. The van der Waals surface area contributed by atoms with E-state index in [0.717, 1.165) is 18.5 Å². The molecule has 0 amide bonds. The van der Waals surface area contributed by atoms with E-state index in [0.29, 0.717) is 4.99 Å². The predicted molar refractivity (Wildman–Crippen MR) is 51.1 cm³/mol. The van der Waals surface area contributed by atoms with Crippen molar-refractivity contribution in [2.75, 3.05) is 0 Å². The lowest BCUT2D eigenvalue weighted by atomic mass is 9.96. The van der Waals surface area contributed by atoms with Gasteiger partial charge in [-0.25, -0.2) is 0 Å². The molecule has 3 nitrogen and oxygen atoms in total. The van der Waals surface area contributed by atoms with E-state index in [9.17, 15) is 0 Å². The number of aromatic amines is 1. The number of nitrogens with zero attached hydrogens (tertiary/aromatic N) is 1. The molecule has 1 heterocycles. The van der Waals surface area contributed by atoms with Crippen LogP contribution in [0.25, 0.3) is 0 Å². The molecule has 0 spiro atoms. The summed E-state index contributed by atoms with van der Waals surface area (Å²) in [6, 6.07) is 0. The van der Waals surface area contributed by atoms with Gasteiger partial charge in [0.25, 0.3) is 0 Å². The zero-order valence-corrected chi connectivity index (χ0v) is 7.58. The molecule has 0 bridgehead atoms. The van der Waals surface area contributed by atoms with Crippen LogP contribution in [0.3, 0.4) is 0 Å². The van der Waals surface area contributed by atoms with Crippen molar-refractivity contribution in [2.24, 2.45) is 5.73 Å². The van der Waals surface area contributed by atoms with Crippen molar-refractivity contribution >= 4 is 17.2 Å². The molecule has 0 atom stereocenters. The fourth-order valence-electron chi connectivity index (χ4n) is 1.68. The standard InChI is InChI=1S/C8H11N3S/c9-8(12)7-5-3-1-2-4-6(5)10-11-7/h1-4H2,(H2,9,12)(H,10,11). The van der Waals surface area contributed by atoms with Crippen molar-refractivity contribution in [2.45, 2.75) is 25.7 Å². The molecule has 0 unspecified atom stereocenters. The van der Waals surface area contributed by atoms with Crippen LogP contribution in [0.5, 0.6) is 0 Å². The van der Waals surface area contributed by atoms with Gasteiger partial charge in [-0.1, -0.05) is 12.2 Å². The van der Waals surface area contributed by atoms with Gasteiger partial charge in [-0.3, -0.25) is 5.10 Å². The molecule has 3 N–H and O–H groups in total. The first-order valence-corrected chi connectivity index (χ1v) is 4.56. The molecule has 0 radical (unpaired) electrons. The van der Waals surface area contributed by atoms with Crippen molar-refractivity contribution in [3.63, 3.8) is 0 Å². The topological polar surface area (TPSA) is 54.7 Å². The van der Waals surface area contributed by atoms with E-state index >= 15 is 0 Å². The van der Waals surface area contributed by atoms with Gasteiger partial charge in [0.15, 0.2) is 0 Å². The zero-order chi connectivity index (χ0) is 8.55. The highest BCUT2D eigenvalue weighted by molar-refractivity contribution is 7.80. The minimum atomic E-state index is 0.411. The Morgan fingerprint density at radius 2 is 2.17 bits per heavy atom. The monoisotopic (exact) mass is 181 g/mol. The van der Waals surface area contributed by atoms with Crippen molar-refractivity contribution in [3.05, 3.63) is 17.0 Å². The van der Waals surface area contributed by atoms with Gasteiger partial charge in [0, 0.05) is 11.3 Å². The third-order valence-corrected chi connectivity index (χ3v) is 2.48. The van der Waals surface area contributed by atoms with Gasteiger partial charge in [-0.05, 0) is 25.7 Å². The average Bonchev–Trinajstić information content (AvgIpc) is 2.47. The first-order chi connectivity index (χ1) is 5.79. The maximum Gasteiger partial charge on any atom is 0.124 e. The molecule has 1 aromatic rings. The summed E-state index contributed by atoms with van der Waals surface area (Å²) in [4.78, 5) is 0.411. The van der Waals surface area contributed by atoms with Crippen LogP contribution in [0.4, 0.5) is 0 Å². The number of nitrogens with one attached hydrogen (secondary N) is 1. The zero-order valence-electron chi connectivity index (χ0n) is 6.76. The Hall–Kier alpha value is -0.900. The Balaban J connectivity index is 2.44. The summed E-state index contributed by atoms with van der Waals surface area (Å²) in [5, 5.41) is 7.10. The number of thiocarbonyl (C=S) groups is 1. The molecule has 0 saturated carbocycles. The van der Waals surface area contributed by atoms with Gasteiger partial charge in [-0.15, -0.1) is 0 Å². The van der Waals surface area contributed by atoms with E-state index in [1.54, 1.807) is 0 Å². The van der Waals surface area contributed by atoms with Crippen LogP contribution >= 0.6 is 12.2 Å². The van der Waals surface area contributed by atoms with Gasteiger partial charge in [-0.2, -0.15) is 5.10 Å². The molecule has 0 saturated heterocycles. The lowest BCUT2D eigenvalue weighted by Crippen LogP contribution is -2.13. The van der Waals surface area contributed by atoms with Crippen LogP contribution in [-0.4, -0.2) is 15.2 Å². The lowest BCUT2D eigenvalue weighted by molar-refractivity contribution is 0.674. The molecule has 4 heteroatoms. The molecule has 0 aromatic carbocycles. The van der Waals surface area contributed by atoms with E-state index < -0.39 is 0 Å². The minimum Gasteiger partial charge on any atom is -0.388 e. The maximum absolute atomic E-state index is 5.53. The Labute approximate surface area is 76.3 Å². The molecular formula is C8H11N3S. The Kier molecular flexibility index (Phi) is 1.84. The van der Waals surface area contributed by atoms with Gasteiger partial charge in [0.2, 0.25) is 0 Å². The highest BCUT2D eigenvalue weighted by Gasteiger charge is 2.17. The van der Waals surface area contributed by atoms with E-state index in [-0.39, 0.29) is 0 Å². The predicted octanol–water partition coefficient (Wildman–Crippen LogP) is 0.923. The normalized spacial score (nSPS) is 15.7. The molecule has 64 valence electrons. The van der Waals surface area contributed by atoms with E-state index in [1.165, 1.54) is 24.1 Å². The number of fused-ring (bicyclic) bond motifs is 1. The Morgan fingerprint density at radius 3 is 2.92 bits per heavy atom. The van der Waals surface area contributed by atoms with E-state index in [4.69, 9.17) is 18.0 Å². The first-order valence-electron chi connectivity index (χ1n) is 4.15. The Bertz CT molecular complexity index is 316. The third-order valence-electron chi connectivity index (χ3n) is 2.29. The number of aryl methyl sites for hydroxylation is 1. The van der Waals surface area contributed by atoms with E-state index in [1.807, 2.05) is 0 Å². The maximum atomic E-state index is 5.53. The summed E-state index contributed by atoms with van der Waals surface area (Å²) >= 11 is 4.90. The summed E-state index contributed by atoms with van der Waals surface area (Å²) in [5.74, 6) is 0. The highest BCUT2D eigenvalue weighted by Crippen LogP contribution is 2.21. The molecule has 1 aliphatic carbocycles. The van der Waals surface area contributed by atoms with Crippen molar-refractivity contribution in [1.29, 1.82) is 0 Å². The van der Waals surface area contributed by atoms with Crippen LogP contribution < -0.4 is 5.73 Å². The second-order valence-electron chi connectivity index (χ2n) is 3.10. The molecule has 12 heavy (non-hydrogen) atoms. The number of hydrogen-bond acceptors (Lipinski definition) is 2. The first kappa shape index (κ1) is 7.73. The molecule has 1 aliphatic rings. The molecular weight excluding hydrogens is 170 g/mol. The highest BCUT2D eigenvalue weighted by atomic mass is 32.1. The number of aromatic nitrogens is 2. The summed E-state index contributed by atoms with van der Waals surface area (Å²) in [6.07, 6.45) is 4.62. The SMILES string of the molecule is NC(=S)c1n[nH]c2c1CCCC2. The Morgan fingerprint density at radius 1 is 1.42 bits per heavy atom. The van der Waals surface area contributed by atoms with Crippen LogP contribution in [-0.2, 0) is 12.8 Å². The number of hydrogen-bond donors (Lipinski definition) is 2. The fourth-order valence-corrected chi connectivity index (χ4v) is 1.85. The summed E-state index contributed by atoms with van der Waals surface area (Å²) in [5.41, 5.74) is 8.81. The summed E-state index contributed by atoms with van der Waals surface area (Å²) in [7, 11) is 0. The summed E-state index contributed by atoms with van der Waals surface area (Å²) < 4.78 is 0. The molecule has 0 aliphatic heterocycles. The summed E-state index contributed by atoms with van der Waals surface area (Å²) in [6.45, 7) is 0. The van der Waals surface area contributed by atoms with Crippen LogP contribution in [0.1, 0.15) is 29.8 Å². The number of H-pyrrole nitrogens is 1. The number of nitrogens with two attached hydrogens (primary N) is 1. The molecule has 0 fully saturated rings. The van der Waals surface area contributed by atoms with Crippen molar-refractivity contribution < 1.29 is 0 Å². The largest absolute Gasteiger partial charge is 0.388 e. The van der Waals surface area contributed by atoms with Gasteiger partial charge >= 0.3 is 0 Å². The minimum absolute atomic E-state index is 0.411. The fraction of sp³-hybridized carbons (Fsp3) is 0.500. The molecule has 1 aromatic heterocycles. The van der Waals surface area contributed by atoms with E-state index in [2.05, 4.69) is 10.2 Å². The van der Waals surface area contributed by atoms with Crippen LogP contribution in [0, 0.1) is 0 Å². The van der Waals surface area contributed by atoms with Crippen LogP contribution in [0.15, 0.2) is 0 Å². The van der Waals surface area contributed by atoms with Gasteiger partial charge < -0.3 is 5.73 Å². The average molecular weight is 181 g/mol. The van der Waals surface area contributed by atoms with Gasteiger partial charge in [0.1, 0.15) is 10.7 Å². The molecule has 2 rings (SSSR count). The smallest absolute Gasteiger partial charge is 0.124 e.